The van der Waals surface area contributed by atoms with Crippen molar-refractivity contribution < 1.29 is 17.9 Å². The van der Waals surface area contributed by atoms with Crippen molar-refractivity contribution in [3.8, 4) is 0 Å². The SMILES string of the molecule is O=S(=O)(Cc1ccccc1F)CC(O)c1ccccc1Cl. The van der Waals surface area contributed by atoms with Gasteiger partial charge in [0.05, 0.1) is 17.6 Å². The van der Waals surface area contributed by atoms with Crippen molar-refractivity contribution in [2.75, 3.05) is 5.75 Å². The highest BCUT2D eigenvalue weighted by Crippen LogP contribution is 2.24. The average Bonchev–Trinajstić information content (AvgIpc) is 2.41. The Morgan fingerprint density at radius 1 is 1.10 bits per heavy atom. The van der Waals surface area contributed by atoms with Crippen LogP contribution in [0.25, 0.3) is 0 Å². The molecule has 0 aliphatic carbocycles. The van der Waals surface area contributed by atoms with Crippen LogP contribution in [0.1, 0.15) is 17.2 Å². The molecule has 0 aliphatic rings. The van der Waals surface area contributed by atoms with Crippen LogP contribution in [0.3, 0.4) is 0 Å². The lowest BCUT2D eigenvalue weighted by atomic mass is 10.1. The molecule has 3 nitrogen and oxygen atoms in total. The first-order chi connectivity index (χ1) is 9.89. The summed E-state index contributed by atoms with van der Waals surface area (Å²) in [6.07, 6.45) is -1.24. The van der Waals surface area contributed by atoms with Crippen LogP contribution in [0.2, 0.25) is 5.02 Å². The maximum Gasteiger partial charge on any atom is 0.157 e. The first-order valence-electron chi connectivity index (χ1n) is 6.25. The van der Waals surface area contributed by atoms with Gasteiger partial charge < -0.3 is 5.11 Å². The van der Waals surface area contributed by atoms with E-state index in [1.807, 2.05) is 0 Å². The van der Waals surface area contributed by atoms with Crippen LogP contribution in [0.4, 0.5) is 4.39 Å². The summed E-state index contributed by atoms with van der Waals surface area (Å²) >= 11 is 5.92. The van der Waals surface area contributed by atoms with Crippen molar-refractivity contribution in [1.82, 2.24) is 0 Å². The van der Waals surface area contributed by atoms with E-state index < -0.39 is 33.3 Å². The Morgan fingerprint density at radius 3 is 2.38 bits per heavy atom. The summed E-state index contributed by atoms with van der Waals surface area (Å²) in [6, 6.07) is 12.2. The third-order valence-corrected chi connectivity index (χ3v) is 4.93. The Labute approximate surface area is 127 Å². The third-order valence-electron chi connectivity index (χ3n) is 3.01. The van der Waals surface area contributed by atoms with Crippen molar-refractivity contribution in [3.05, 3.63) is 70.5 Å². The monoisotopic (exact) mass is 328 g/mol. The van der Waals surface area contributed by atoms with Crippen LogP contribution in [0.5, 0.6) is 0 Å². The predicted octanol–water partition coefficient (Wildman–Crippen LogP) is 3.13. The summed E-state index contributed by atoms with van der Waals surface area (Å²) in [6.45, 7) is 0. The van der Waals surface area contributed by atoms with E-state index in [4.69, 9.17) is 11.6 Å². The van der Waals surface area contributed by atoms with Gasteiger partial charge in [-0.15, -0.1) is 0 Å². The van der Waals surface area contributed by atoms with Gasteiger partial charge in [0.2, 0.25) is 0 Å². The van der Waals surface area contributed by atoms with Gasteiger partial charge >= 0.3 is 0 Å². The first kappa shape index (κ1) is 15.9. The van der Waals surface area contributed by atoms with E-state index in [2.05, 4.69) is 0 Å². The third kappa shape index (κ3) is 4.27. The second-order valence-electron chi connectivity index (χ2n) is 4.68. The molecule has 2 aromatic carbocycles. The lowest BCUT2D eigenvalue weighted by Gasteiger charge is -2.13. The molecule has 0 aromatic heterocycles. The Bertz CT molecular complexity index is 731. The van der Waals surface area contributed by atoms with Gasteiger partial charge in [-0.1, -0.05) is 48.0 Å². The molecular formula is C15H14ClFO3S. The van der Waals surface area contributed by atoms with Crippen LogP contribution in [-0.4, -0.2) is 19.3 Å². The van der Waals surface area contributed by atoms with E-state index in [-0.39, 0.29) is 5.56 Å². The minimum absolute atomic E-state index is 0.0869. The molecular weight excluding hydrogens is 315 g/mol. The fraction of sp³-hybridized carbons (Fsp3) is 0.200. The Kier molecular flexibility index (Phi) is 4.98. The van der Waals surface area contributed by atoms with Gasteiger partial charge in [-0.25, -0.2) is 12.8 Å². The van der Waals surface area contributed by atoms with Gasteiger partial charge in [0, 0.05) is 16.1 Å². The van der Waals surface area contributed by atoms with Crippen molar-refractivity contribution in [1.29, 1.82) is 0 Å². The number of hydrogen-bond acceptors (Lipinski definition) is 3. The van der Waals surface area contributed by atoms with E-state index in [1.165, 1.54) is 18.2 Å². The molecule has 1 unspecified atom stereocenters. The van der Waals surface area contributed by atoms with Crippen LogP contribution in [-0.2, 0) is 15.6 Å². The van der Waals surface area contributed by atoms with Crippen LogP contribution in [0.15, 0.2) is 48.5 Å². The standard InChI is InChI=1S/C15H14ClFO3S/c16-13-7-3-2-6-12(13)15(18)10-21(19,20)9-11-5-1-4-8-14(11)17/h1-8,15,18H,9-10H2. The highest BCUT2D eigenvalue weighted by Gasteiger charge is 2.22. The number of aliphatic hydroxyl groups is 1. The molecule has 0 heterocycles. The highest BCUT2D eigenvalue weighted by molar-refractivity contribution is 7.90. The van der Waals surface area contributed by atoms with E-state index in [0.717, 1.165) is 0 Å². The minimum Gasteiger partial charge on any atom is -0.387 e. The largest absolute Gasteiger partial charge is 0.387 e. The normalized spacial score (nSPS) is 13.1. The summed E-state index contributed by atoms with van der Waals surface area (Å²) < 4.78 is 37.7. The number of rotatable bonds is 5. The Balaban J connectivity index is 2.15. The number of aliphatic hydroxyl groups excluding tert-OH is 1. The molecule has 1 N–H and O–H groups in total. The quantitative estimate of drug-likeness (QED) is 0.917. The molecule has 112 valence electrons. The van der Waals surface area contributed by atoms with Gasteiger partial charge in [-0.2, -0.15) is 0 Å². The van der Waals surface area contributed by atoms with E-state index in [1.54, 1.807) is 30.3 Å². The second kappa shape index (κ2) is 6.56. The molecule has 0 saturated carbocycles. The summed E-state index contributed by atoms with van der Waals surface area (Å²) in [4.78, 5) is 0. The molecule has 0 fully saturated rings. The second-order valence-corrected chi connectivity index (χ2v) is 7.20. The number of halogens is 2. The summed E-state index contributed by atoms with van der Waals surface area (Å²) in [5, 5.41) is 10.3. The zero-order valence-corrected chi connectivity index (χ0v) is 12.6. The number of benzene rings is 2. The number of hydrogen-bond donors (Lipinski definition) is 1. The summed E-state index contributed by atoms with van der Waals surface area (Å²) in [5.74, 6) is -1.54. The summed E-state index contributed by atoms with van der Waals surface area (Å²) in [5.41, 5.74) is 0.431. The van der Waals surface area contributed by atoms with Crippen molar-refractivity contribution in [2.45, 2.75) is 11.9 Å². The minimum atomic E-state index is -3.67. The molecule has 0 saturated heterocycles. The van der Waals surface area contributed by atoms with Gasteiger partial charge in [-0.3, -0.25) is 0 Å². The maximum atomic E-state index is 13.5. The van der Waals surface area contributed by atoms with Crippen LogP contribution < -0.4 is 0 Å². The Hall–Kier alpha value is -1.43. The molecule has 0 radical (unpaired) electrons. The van der Waals surface area contributed by atoms with Gasteiger partial charge in [0.15, 0.2) is 9.84 Å². The maximum absolute atomic E-state index is 13.5. The molecule has 6 heteroatoms. The molecule has 0 aliphatic heterocycles. The fourth-order valence-corrected chi connectivity index (χ4v) is 3.74. The molecule has 0 spiro atoms. The average molecular weight is 329 g/mol. The zero-order chi connectivity index (χ0) is 15.5. The van der Waals surface area contributed by atoms with Gasteiger partial charge in [0.1, 0.15) is 5.82 Å². The van der Waals surface area contributed by atoms with Gasteiger partial charge in [-0.05, 0) is 12.1 Å². The molecule has 21 heavy (non-hydrogen) atoms. The van der Waals surface area contributed by atoms with E-state index in [0.29, 0.717) is 10.6 Å². The van der Waals surface area contributed by atoms with E-state index >= 15 is 0 Å². The molecule has 0 bridgehead atoms. The lowest BCUT2D eigenvalue weighted by molar-refractivity contribution is 0.201. The zero-order valence-electron chi connectivity index (χ0n) is 11.0. The molecule has 2 rings (SSSR count). The van der Waals surface area contributed by atoms with Crippen LogP contribution in [0, 0.1) is 5.82 Å². The predicted molar refractivity (Wildman–Crippen MR) is 80.3 cm³/mol. The van der Waals surface area contributed by atoms with Crippen molar-refractivity contribution >= 4 is 21.4 Å². The van der Waals surface area contributed by atoms with Crippen molar-refractivity contribution in [2.24, 2.45) is 0 Å². The van der Waals surface area contributed by atoms with Crippen LogP contribution >= 0.6 is 11.6 Å². The first-order valence-corrected chi connectivity index (χ1v) is 8.45. The van der Waals surface area contributed by atoms with E-state index in [9.17, 15) is 17.9 Å². The Morgan fingerprint density at radius 2 is 1.71 bits per heavy atom. The van der Waals surface area contributed by atoms with Crippen molar-refractivity contribution in [3.63, 3.8) is 0 Å². The fourth-order valence-electron chi connectivity index (χ4n) is 1.99. The molecule has 2 aromatic rings. The topological polar surface area (TPSA) is 54.4 Å². The number of sulfone groups is 1. The summed E-state index contributed by atoms with van der Waals surface area (Å²) in [7, 11) is -3.67. The lowest BCUT2D eigenvalue weighted by Crippen LogP contribution is -2.17. The highest BCUT2D eigenvalue weighted by atomic mass is 35.5. The molecule has 1 atom stereocenters. The molecule has 0 amide bonds. The van der Waals surface area contributed by atoms with Gasteiger partial charge in [0.25, 0.3) is 0 Å². The smallest absolute Gasteiger partial charge is 0.157 e.